The van der Waals surface area contributed by atoms with Crippen LogP contribution in [-0.2, 0) is 5.60 Å². The Morgan fingerprint density at radius 1 is 1.29 bits per heavy atom. The second-order valence-corrected chi connectivity index (χ2v) is 5.99. The predicted octanol–water partition coefficient (Wildman–Crippen LogP) is 2.11. The third-order valence-corrected chi connectivity index (χ3v) is 3.44. The summed E-state index contributed by atoms with van der Waals surface area (Å²) in [7, 11) is 0. The summed E-state index contributed by atoms with van der Waals surface area (Å²) in [6.07, 6.45) is 2.25. The second-order valence-electron chi connectivity index (χ2n) is 5.99. The normalized spacial score (nSPS) is 14.3. The molecule has 21 heavy (non-hydrogen) atoms. The summed E-state index contributed by atoms with van der Waals surface area (Å²) in [6.45, 7) is 7.85. The first-order valence-corrected chi connectivity index (χ1v) is 7.40. The van der Waals surface area contributed by atoms with E-state index in [0.29, 0.717) is 18.0 Å². The number of aromatic nitrogens is 3. The van der Waals surface area contributed by atoms with Gasteiger partial charge < -0.3 is 10.4 Å². The third kappa shape index (κ3) is 4.12. The molecule has 1 heterocycles. The molecule has 1 aromatic heterocycles. The molecule has 2 aromatic rings. The first-order chi connectivity index (χ1) is 10.0. The molecule has 0 aliphatic carbocycles. The monoisotopic (exact) mass is 288 g/mol. The Morgan fingerprint density at radius 3 is 2.67 bits per heavy atom. The summed E-state index contributed by atoms with van der Waals surface area (Å²) in [5.74, 6) is 0.603. The van der Waals surface area contributed by atoms with Crippen LogP contribution in [0.25, 0.3) is 5.69 Å². The molecule has 0 aliphatic heterocycles. The van der Waals surface area contributed by atoms with Gasteiger partial charge in [-0.2, -0.15) is 0 Å². The van der Waals surface area contributed by atoms with Crippen LogP contribution < -0.4 is 5.32 Å². The highest BCUT2D eigenvalue weighted by Crippen LogP contribution is 2.25. The molecule has 5 heteroatoms. The van der Waals surface area contributed by atoms with Gasteiger partial charge in [-0.25, -0.2) is 4.68 Å². The lowest BCUT2D eigenvalue weighted by molar-refractivity contribution is 0.0409. The summed E-state index contributed by atoms with van der Waals surface area (Å²) in [5, 5.41) is 22.1. The number of benzene rings is 1. The van der Waals surface area contributed by atoms with Gasteiger partial charge in [0.25, 0.3) is 0 Å². The van der Waals surface area contributed by atoms with Crippen LogP contribution in [0.15, 0.2) is 36.5 Å². The summed E-state index contributed by atoms with van der Waals surface area (Å²) < 4.78 is 1.70. The fraction of sp³-hybridized carbons (Fsp3) is 0.500. The highest BCUT2D eigenvalue weighted by molar-refractivity contribution is 5.32. The van der Waals surface area contributed by atoms with E-state index in [9.17, 15) is 5.11 Å². The SMILES string of the molecule is CC(C)CNCCC(C)(O)c1cnnn1-c1ccccc1. The number of hydrogen-bond acceptors (Lipinski definition) is 4. The predicted molar refractivity (Wildman–Crippen MR) is 83.3 cm³/mol. The van der Waals surface area contributed by atoms with Gasteiger partial charge in [0.1, 0.15) is 5.60 Å². The Labute approximate surface area is 126 Å². The Balaban J connectivity index is 2.09. The Morgan fingerprint density at radius 2 is 2.00 bits per heavy atom. The van der Waals surface area contributed by atoms with Crippen LogP contribution in [0.2, 0.25) is 0 Å². The van der Waals surface area contributed by atoms with Crippen molar-refractivity contribution in [2.75, 3.05) is 13.1 Å². The molecule has 114 valence electrons. The molecular formula is C16H24N4O. The van der Waals surface area contributed by atoms with E-state index in [0.717, 1.165) is 18.8 Å². The van der Waals surface area contributed by atoms with Crippen molar-refractivity contribution in [1.29, 1.82) is 0 Å². The molecule has 0 radical (unpaired) electrons. The highest BCUT2D eigenvalue weighted by atomic mass is 16.3. The summed E-state index contributed by atoms with van der Waals surface area (Å²) in [5.41, 5.74) is 0.643. The van der Waals surface area contributed by atoms with Crippen molar-refractivity contribution in [3.05, 3.63) is 42.2 Å². The molecule has 1 atom stereocenters. The fourth-order valence-corrected chi connectivity index (χ4v) is 2.21. The molecule has 2 rings (SSSR count). The average molecular weight is 288 g/mol. The highest BCUT2D eigenvalue weighted by Gasteiger charge is 2.28. The van der Waals surface area contributed by atoms with E-state index in [1.54, 1.807) is 10.9 Å². The minimum Gasteiger partial charge on any atom is -0.384 e. The number of nitrogens with one attached hydrogen (secondary N) is 1. The smallest absolute Gasteiger partial charge is 0.107 e. The van der Waals surface area contributed by atoms with Crippen molar-refractivity contribution in [2.45, 2.75) is 32.8 Å². The Kier molecular flexibility index (Phi) is 5.09. The maximum absolute atomic E-state index is 10.7. The quantitative estimate of drug-likeness (QED) is 0.766. The van der Waals surface area contributed by atoms with E-state index in [2.05, 4.69) is 29.5 Å². The zero-order valence-electron chi connectivity index (χ0n) is 13.0. The number of nitrogens with zero attached hydrogens (tertiary/aromatic N) is 3. The first-order valence-electron chi connectivity index (χ1n) is 7.40. The van der Waals surface area contributed by atoms with Gasteiger partial charge in [-0.15, -0.1) is 5.10 Å². The first kappa shape index (κ1) is 15.7. The molecule has 2 N–H and O–H groups in total. The van der Waals surface area contributed by atoms with E-state index >= 15 is 0 Å². The van der Waals surface area contributed by atoms with Crippen LogP contribution >= 0.6 is 0 Å². The molecule has 0 saturated carbocycles. The second kappa shape index (κ2) is 6.83. The minimum absolute atomic E-state index is 0.603. The number of rotatable bonds is 7. The summed E-state index contributed by atoms with van der Waals surface area (Å²) in [4.78, 5) is 0. The fourth-order valence-electron chi connectivity index (χ4n) is 2.21. The zero-order chi connectivity index (χ0) is 15.3. The van der Waals surface area contributed by atoms with Crippen LogP contribution in [0.3, 0.4) is 0 Å². The van der Waals surface area contributed by atoms with E-state index in [1.165, 1.54) is 0 Å². The van der Waals surface area contributed by atoms with Crippen LogP contribution in [0.5, 0.6) is 0 Å². The summed E-state index contributed by atoms with van der Waals surface area (Å²) in [6, 6.07) is 9.74. The van der Waals surface area contributed by atoms with Crippen LogP contribution in [-0.4, -0.2) is 33.2 Å². The van der Waals surface area contributed by atoms with Gasteiger partial charge in [-0.1, -0.05) is 37.3 Å². The van der Waals surface area contributed by atoms with E-state index in [-0.39, 0.29) is 0 Å². The lowest BCUT2D eigenvalue weighted by Gasteiger charge is -2.24. The van der Waals surface area contributed by atoms with Gasteiger partial charge >= 0.3 is 0 Å². The van der Waals surface area contributed by atoms with Gasteiger partial charge in [-0.05, 0) is 44.5 Å². The van der Waals surface area contributed by atoms with Crippen LogP contribution in [0.4, 0.5) is 0 Å². The molecule has 0 saturated heterocycles. The average Bonchev–Trinajstić information content (AvgIpc) is 2.95. The van der Waals surface area contributed by atoms with Crippen molar-refractivity contribution in [3.63, 3.8) is 0 Å². The van der Waals surface area contributed by atoms with E-state index < -0.39 is 5.60 Å². The Hall–Kier alpha value is -1.72. The van der Waals surface area contributed by atoms with Crippen molar-refractivity contribution in [2.24, 2.45) is 5.92 Å². The molecule has 0 fully saturated rings. The molecule has 0 spiro atoms. The molecule has 5 nitrogen and oxygen atoms in total. The van der Waals surface area contributed by atoms with E-state index in [1.807, 2.05) is 37.3 Å². The van der Waals surface area contributed by atoms with Crippen LogP contribution in [0.1, 0.15) is 32.9 Å². The van der Waals surface area contributed by atoms with Gasteiger partial charge in [0.05, 0.1) is 17.6 Å². The molecule has 0 aliphatic rings. The van der Waals surface area contributed by atoms with Gasteiger partial charge in [-0.3, -0.25) is 0 Å². The Bertz CT molecular complexity index is 548. The third-order valence-electron chi connectivity index (χ3n) is 3.44. The molecule has 0 amide bonds. The summed E-state index contributed by atoms with van der Waals surface area (Å²) >= 11 is 0. The molecule has 1 aromatic carbocycles. The molecular weight excluding hydrogens is 264 g/mol. The van der Waals surface area contributed by atoms with Crippen molar-refractivity contribution in [1.82, 2.24) is 20.3 Å². The largest absolute Gasteiger partial charge is 0.384 e. The van der Waals surface area contributed by atoms with Crippen molar-refractivity contribution < 1.29 is 5.11 Å². The van der Waals surface area contributed by atoms with Gasteiger partial charge in [0.2, 0.25) is 0 Å². The lowest BCUT2D eigenvalue weighted by atomic mass is 9.98. The maximum Gasteiger partial charge on any atom is 0.107 e. The standard InChI is InChI=1S/C16H24N4O/c1-13(2)11-17-10-9-16(3,21)15-12-18-19-20(15)14-7-5-4-6-8-14/h4-8,12-13,17,21H,9-11H2,1-3H3. The number of hydrogen-bond donors (Lipinski definition) is 2. The minimum atomic E-state index is -0.969. The molecule has 0 bridgehead atoms. The van der Waals surface area contributed by atoms with E-state index in [4.69, 9.17) is 0 Å². The maximum atomic E-state index is 10.7. The van der Waals surface area contributed by atoms with Crippen molar-refractivity contribution in [3.8, 4) is 5.69 Å². The van der Waals surface area contributed by atoms with Gasteiger partial charge in [0.15, 0.2) is 0 Å². The topological polar surface area (TPSA) is 63.0 Å². The zero-order valence-corrected chi connectivity index (χ0v) is 13.0. The lowest BCUT2D eigenvalue weighted by Crippen LogP contribution is -2.31. The molecule has 1 unspecified atom stereocenters. The van der Waals surface area contributed by atoms with Gasteiger partial charge in [0, 0.05) is 0 Å². The number of para-hydroxylation sites is 1. The van der Waals surface area contributed by atoms with Crippen LogP contribution in [0, 0.1) is 5.92 Å². The van der Waals surface area contributed by atoms with Crippen molar-refractivity contribution >= 4 is 0 Å². The number of aliphatic hydroxyl groups is 1.